The van der Waals surface area contributed by atoms with Crippen molar-refractivity contribution in [2.75, 3.05) is 18.8 Å². The number of piperidine rings is 1. The van der Waals surface area contributed by atoms with E-state index in [1.54, 1.807) is 4.52 Å². The summed E-state index contributed by atoms with van der Waals surface area (Å²) < 4.78 is 1.72. The Morgan fingerprint density at radius 2 is 2.22 bits per heavy atom. The van der Waals surface area contributed by atoms with Gasteiger partial charge in [0.15, 0.2) is 5.82 Å². The predicted molar refractivity (Wildman–Crippen MR) is 67.6 cm³/mol. The molecule has 0 amide bonds. The summed E-state index contributed by atoms with van der Waals surface area (Å²) in [5.41, 5.74) is 7.56. The molecule has 0 spiro atoms. The molecule has 0 radical (unpaired) electrons. The van der Waals surface area contributed by atoms with Gasteiger partial charge in [-0.2, -0.15) is 5.10 Å². The number of rotatable bonds is 0. The van der Waals surface area contributed by atoms with E-state index in [1.807, 2.05) is 12.3 Å². The molecule has 5 nitrogen and oxygen atoms in total. The minimum Gasteiger partial charge on any atom is -0.382 e. The van der Waals surface area contributed by atoms with E-state index in [9.17, 15) is 0 Å². The number of hydrogen-bond acceptors (Lipinski definition) is 4. The Balaban J connectivity index is 1.64. The monoisotopic (exact) mass is 239 g/mol. The Labute approximate surface area is 104 Å². The number of nitrogens with zero attached hydrogens (tertiary/aromatic N) is 3. The highest BCUT2D eigenvalue weighted by molar-refractivity contribution is 5.67. The predicted octanol–water partition coefficient (Wildman–Crippen LogP) is 0.128. The fraction of sp³-hybridized carbons (Fsp3) is 0.385. The first-order valence-electron chi connectivity index (χ1n) is 6.14. The fourth-order valence-electron chi connectivity index (χ4n) is 2.82. The first-order valence-corrected chi connectivity index (χ1v) is 6.14. The summed E-state index contributed by atoms with van der Waals surface area (Å²) in [6.07, 6.45) is 3.35. The van der Waals surface area contributed by atoms with E-state index in [2.05, 4.69) is 27.2 Å². The van der Waals surface area contributed by atoms with Gasteiger partial charge in [-0.3, -0.25) is 0 Å². The Bertz CT molecular complexity index is 667. The van der Waals surface area contributed by atoms with E-state index in [1.165, 1.54) is 6.33 Å². The molecular weight excluding hydrogens is 226 g/mol. The number of nitrogen functional groups attached to an aromatic ring is 1. The quantitative estimate of drug-likeness (QED) is 0.641. The molecule has 1 saturated heterocycles. The molecule has 18 heavy (non-hydrogen) atoms. The topological polar surface area (TPSA) is 68.2 Å². The van der Waals surface area contributed by atoms with Gasteiger partial charge in [-0.25, -0.2) is 9.50 Å². The summed E-state index contributed by atoms with van der Waals surface area (Å²) in [6, 6.07) is 1.94. The summed E-state index contributed by atoms with van der Waals surface area (Å²) in [7, 11) is 0. The SMILES string of the molecule is Nc1ncnn2cc(C#CC3C4CNCC34)cc12. The molecule has 1 saturated carbocycles. The van der Waals surface area contributed by atoms with Gasteiger partial charge in [0.25, 0.3) is 0 Å². The highest BCUT2D eigenvalue weighted by atomic mass is 15.2. The standard InChI is InChI=1S/C13H13N5/c14-13-12-3-8(6-18(12)17-7-16-13)1-2-9-10-4-15-5-11(9)10/h3,6-7,9-11,15H,4-5H2,(H2,14,16,17). The van der Waals surface area contributed by atoms with Gasteiger partial charge in [0, 0.05) is 17.7 Å². The average molecular weight is 239 g/mol. The fourth-order valence-corrected chi connectivity index (χ4v) is 2.82. The van der Waals surface area contributed by atoms with Gasteiger partial charge < -0.3 is 11.1 Å². The molecule has 2 fully saturated rings. The third-order valence-electron chi connectivity index (χ3n) is 3.91. The van der Waals surface area contributed by atoms with Crippen molar-refractivity contribution >= 4 is 11.3 Å². The minimum atomic E-state index is 0.491. The second-order valence-corrected chi connectivity index (χ2v) is 4.98. The first-order chi connectivity index (χ1) is 8.83. The summed E-state index contributed by atoms with van der Waals surface area (Å²) in [4.78, 5) is 3.96. The third-order valence-corrected chi connectivity index (χ3v) is 3.91. The lowest BCUT2D eigenvalue weighted by Crippen LogP contribution is -2.13. The van der Waals surface area contributed by atoms with Crippen LogP contribution in [0.3, 0.4) is 0 Å². The van der Waals surface area contributed by atoms with Gasteiger partial charge in [-0.1, -0.05) is 11.8 Å². The molecule has 1 aliphatic heterocycles. The lowest BCUT2D eigenvalue weighted by molar-refractivity contribution is 0.679. The van der Waals surface area contributed by atoms with Crippen LogP contribution in [0.15, 0.2) is 18.6 Å². The summed E-state index contributed by atoms with van der Waals surface area (Å²) >= 11 is 0. The molecular formula is C13H13N5. The highest BCUT2D eigenvalue weighted by Gasteiger charge is 2.51. The number of anilines is 1. The second-order valence-electron chi connectivity index (χ2n) is 4.98. The van der Waals surface area contributed by atoms with Crippen molar-refractivity contribution in [3.05, 3.63) is 24.2 Å². The Kier molecular flexibility index (Phi) is 1.91. The van der Waals surface area contributed by atoms with Crippen LogP contribution in [-0.2, 0) is 0 Å². The zero-order valence-corrected chi connectivity index (χ0v) is 9.80. The minimum absolute atomic E-state index is 0.491. The van der Waals surface area contributed by atoms with Crippen LogP contribution in [-0.4, -0.2) is 27.7 Å². The number of fused-ring (bicyclic) bond motifs is 2. The van der Waals surface area contributed by atoms with Crippen LogP contribution in [0.25, 0.3) is 5.52 Å². The molecule has 90 valence electrons. The van der Waals surface area contributed by atoms with E-state index in [4.69, 9.17) is 5.73 Å². The third kappa shape index (κ3) is 1.39. The van der Waals surface area contributed by atoms with Gasteiger partial charge in [-0.15, -0.1) is 0 Å². The molecule has 2 aromatic rings. The van der Waals surface area contributed by atoms with Crippen molar-refractivity contribution in [2.24, 2.45) is 17.8 Å². The van der Waals surface area contributed by atoms with Crippen LogP contribution < -0.4 is 11.1 Å². The molecule has 2 aromatic heterocycles. The van der Waals surface area contributed by atoms with Crippen LogP contribution in [0.5, 0.6) is 0 Å². The average Bonchev–Trinajstić information content (AvgIpc) is 2.79. The van der Waals surface area contributed by atoms with Crippen LogP contribution in [0.2, 0.25) is 0 Å². The van der Waals surface area contributed by atoms with Gasteiger partial charge in [0.2, 0.25) is 0 Å². The maximum atomic E-state index is 5.78. The van der Waals surface area contributed by atoms with Crippen molar-refractivity contribution in [1.29, 1.82) is 0 Å². The van der Waals surface area contributed by atoms with E-state index >= 15 is 0 Å². The molecule has 2 aliphatic rings. The van der Waals surface area contributed by atoms with Crippen molar-refractivity contribution in [1.82, 2.24) is 19.9 Å². The van der Waals surface area contributed by atoms with Crippen molar-refractivity contribution in [2.45, 2.75) is 0 Å². The number of nitrogens with one attached hydrogen (secondary N) is 1. The van der Waals surface area contributed by atoms with Crippen LogP contribution >= 0.6 is 0 Å². The van der Waals surface area contributed by atoms with E-state index < -0.39 is 0 Å². The molecule has 5 heteroatoms. The van der Waals surface area contributed by atoms with E-state index in [0.29, 0.717) is 11.7 Å². The molecule has 3 N–H and O–H groups in total. The molecule has 1 aliphatic carbocycles. The Morgan fingerprint density at radius 1 is 1.39 bits per heavy atom. The maximum absolute atomic E-state index is 5.78. The lowest BCUT2D eigenvalue weighted by atomic mass is 10.2. The lowest BCUT2D eigenvalue weighted by Gasteiger charge is -1.94. The Morgan fingerprint density at radius 3 is 3.00 bits per heavy atom. The number of aromatic nitrogens is 3. The first kappa shape index (κ1) is 9.92. The number of nitrogens with two attached hydrogens (primary N) is 1. The number of hydrogen-bond donors (Lipinski definition) is 2. The second kappa shape index (κ2) is 3.47. The van der Waals surface area contributed by atoms with E-state index in [-0.39, 0.29) is 0 Å². The summed E-state index contributed by atoms with van der Waals surface area (Å²) in [6.45, 7) is 2.25. The molecule has 2 unspecified atom stereocenters. The normalized spacial score (nSPS) is 28.8. The largest absolute Gasteiger partial charge is 0.382 e. The van der Waals surface area contributed by atoms with Gasteiger partial charge in [-0.05, 0) is 31.0 Å². The molecule has 0 aromatic carbocycles. The summed E-state index contributed by atoms with van der Waals surface area (Å²) in [5, 5.41) is 7.48. The van der Waals surface area contributed by atoms with Crippen molar-refractivity contribution in [3.8, 4) is 11.8 Å². The van der Waals surface area contributed by atoms with Gasteiger partial charge >= 0.3 is 0 Å². The molecule has 2 atom stereocenters. The molecule has 0 bridgehead atoms. The smallest absolute Gasteiger partial charge is 0.151 e. The van der Waals surface area contributed by atoms with Crippen LogP contribution in [0.4, 0.5) is 5.82 Å². The van der Waals surface area contributed by atoms with Crippen molar-refractivity contribution in [3.63, 3.8) is 0 Å². The van der Waals surface area contributed by atoms with Crippen LogP contribution in [0, 0.1) is 29.6 Å². The molecule has 3 heterocycles. The zero-order valence-electron chi connectivity index (χ0n) is 9.80. The van der Waals surface area contributed by atoms with Gasteiger partial charge in [0.1, 0.15) is 11.8 Å². The highest BCUT2D eigenvalue weighted by Crippen LogP contribution is 2.48. The zero-order chi connectivity index (χ0) is 12.1. The van der Waals surface area contributed by atoms with Gasteiger partial charge in [0.05, 0.1) is 0 Å². The summed E-state index contributed by atoms with van der Waals surface area (Å²) in [5.74, 6) is 9.22. The Hall–Kier alpha value is -2.06. The van der Waals surface area contributed by atoms with Crippen molar-refractivity contribution < 1.29 is 0 Å². The van der Waals surface area contributed by atoms with Crippen LogP contribution in [0.1, 0.15) is 5.56 Å². The van der Waals surface area contributed by atoms with E-state index in [0.717, 1.165) is 36.0 Å². The molecule has 4 rings (SSSR count). The maximum Gasteiger partial charge on any atom is 0.151 e.